The molecule has 0 amide bonds. The maximum Gasteiger partial charge on any atom is 0.0590 e. The summed E-state index contributed by atoms with van der Waals surface area (Å²) >= 11 is 0. The Balaban J connectivity index is 1.66. The van der Waals surface area contributed by atoms with E-state index in [0.717, 1.165) is 12.5 Å². The molecule has 0 aromatic heterocycles. The normalized spacial score (nSPS) is 27.2. The summed E-state index contributed by atoms with van der Waals surface area (Å²) in [4.78, 5) is 0. The molecule has 0 spiro atoms. The number of nitrogens with one attached hydrogen (secondary N) is 1. The largest absolute Gasteiger partial charge is 0.378 e. The van der Waals surface area contributed by atoms with Crippen molar-refractivity contribution in [1.82, 2.24) is 5.32 Å². The molecule has 2 atom stereocenters. The van der Waals surface area contributed by atoms with Crippen LogP contribution >= 0.6 is 0 Å². The van der Waals surface area contributed by atoms with E-state index in [-0.39, 0.29) is 0 Å². The molecule has 2 rings (SSSR count). The molecule has 2 fully saturated rings. The summed E-state index contributed by atoms with van der Waals surface area (Å²) in [6.07, 6.45) is 11.4. The number of hydrogen-bond donors (Lipinski definition) is 1. The number of rotatable bonds is 8. The van der Waals surface area contributed by atoms with E-state index in [2.05, 4.69) is 12.2 Å². The molecular formula is C14H27NO. The van der Waals surface area contributed by atoms with Gasteiger partial charge in [0.05, 0.1) is 6.10 Å². The SMILES string of the molecule is CCCNC(CCC1CC1)CC1CCCO1. The van der Waals surface area contributed by atoms with Crippen LogP contribution in [0.4, 0.5) is 0 Å². The van der Waals surface area contributed by atoms with Gasteiger partial charge in [-0.3, -0.25) is 0 Å². The van der Waals surface area contributed by atoms with Gasteiger partial charge in [-0.15, -0.1) is 0 Å². The standard InChI is InChI=1S/C14H27NO/c1-2-9-15-13(8-7-12-5-6-12)11-14-4-3-10-16-14/h12-15H,2-11H2,1H3. The van der Waals surface area contributed by atoms with Gasteiger partial charge in [-0.1, -0.05) is 19.8 Å². The van der Waals surface area contributed by atoms with Crippen LogP contribution in [0.3, 0.4) is 0 Å². The molecule has 0 radical (unpaired) electrons. The van der Waals surface area contributed by atoms with E-state index in [0.29, 0.717) is 12.1 Å². The quantitative estimate of drug-likeness (QED) is 0.685. The van der Waals surface area contributed by atoms with Crippen molar-refractivity contribution in [2.75, 3.05) is 13.2 Å². The highest BCUT2D eigenvalue weighted by Crippen LogP contribution is 2.34. The van der Waals surface area contributed by atoms with Gasteiger partial charge in [0.2, 0.25) is 0 Å². The third kappa shape index (κ3) is 4.42. The molecular weight excluding hydrogens is 198 g/mol. The molecule has 0 aromatic carbocycles. The van der Waals surface area contributed by atoms with Crippen LogP contribution in [0.25, 0.3) is 0 Å². The molecule has 0 aromatic rings. The van der Waals surface area contributed by atoms with Crippen molar-refractivity contribution in [2.24, 2.45) is 5.92 Å². The van der Waals surface area contributed by atoms with Crippen LogP contribution in [-0.2, 0) is 4.74 Å². The Hall–Kier alpha value is -0.0800. The lowest BCUT2D eigenvalue weighted by Crippen LogP contribution is -2.33. The van der Waals surface area contributed by atoms with Crippen molar-refractivity contribution in [3.8, 4) is 0 Å². The molecule has 0 bridgehead atoms. The highest BCUT2D eigenvalue weighted by atomic mass is 16.5. The maximum atomic E-state index is 5.75. The monoisotopic (exact) mass is 225 g/mol. The third-order valence-electron chi connectivity index (χ3n) is 3.87. The minimum Gasteiger partial charge on any atom is -0.378 e. The summed E-state index contributed by atoms with van der Waals surface area (Å²) < 4.78 is 5.75. The van der Waals surface area contributed by atoms with Gasteiger partial charge in [-0.25, -0.2) is 0 Å². The van der Waals surface area contributed by atoms with Crippen LogP contribution in [-0.4, -0.2) is 25.3 Å². The number of ether oxygens (including phenoxy) is 1. The summed E-state index contributed by atoms with van der Waals surface area (Å²) in [7, 11) is 0. The number of hydrogen-bond acceptors (Lipinski definition) is 2. The predicted molar refractivity (Wildman–Crippen MR) is 67.6 cm³/mol. The van der Waals surface area contributed by atoms with E-state index in [1.54, 1.807) is 0 Å². The molecule has 2 unspecified atom stereocenters. The van der Waals surface area contributed by atoms with Crippen molar-refractivity contribution in [2.45, 2.75) is 70.4 Å². The van der Waals surface area contributed by atoms with Crippen LogP contribution < -0.4 is 5.32 Å². The van der Waals surface area contributed by atoms with Crippen molar-refractivity contribution in [3.63, 3.8) is 0 Å². The molecule has 94 valence electrons. The summed E-state index contributed by atoms with van der Waals surface area (Å²) in [6.45, 7) is 4.41. The molecule has 1 heterocycles. The van der Waals surface area contributed by atoms with Crippen LogP contribution in [0.5, 0.6) is 0 Å². The van der Waals surface area contributed by atoms with Crippen molar-refractivity contribution in [1.29, 1.82) is 0 Å². The van der Waals surface area contributed by atoms with E-state index in [9.17, 15) is 0 Å². The van der Waals surface area contributed by atoms with E-state index in [1.807, 2.05) is 0 Å². The highest BCUT2D eigenvalue weighted by molar-refractivity contribution is 4.79. The minimum atomic E-state index is 0.550. The van der Waals surface area contributed by atoms with Gasteiger partial charge >= 0.3 is 0 Å². The first-order valence-corrected chi connectivity index (χ1v) is 7.23. The summed E-state index contributed by atoms with van der Waals surface area (Å²) in [5.41, 5.74) is 0. The van der Waals surface area contributed by atoms with Crippen LogP contribution in [0.15, 0.2) is 0 Å². The fourth-order valence-electron chi connectivity index (χ4n) is 2.64. The van der Waals surface area contributed by atoms with Crippen LogP contribution in [0.1, 0.15) is 58.3 Å². The second-order valence-electron chi connectivity index (χ2n) is 5.54. The lowest BCUT2D eigenvalue weighted by molar-refractivity contribution is 0.0932. The molecule has 16 heavy (non-hydrogen) atoms. The van der Waals surface area contributed by atoms with Gasteiger partial charge in [-0.2, -0.15) is 0 Å². The van der Waals surface area contributed by atoms with Crippen molar-refractivity contribution in [3.05, 3.63) is 0 Å². The average Bonchev–Trinajstić information content (AvgIpc) is 2.99. The Bertz CT molecular complexity index is 185. The van der Waals surface area contributed by atoms with E-state index in [4.69, 9.17) is 4.74 Å². The fourth-order valence-corrected chi connectivity index (χ4v) is 2.64. The second-order valence-corrected chi connectivity index (χ2v) is 5.54. The maximum absolute atomic E-state index is 5.75. The van der Waals surface area contributed by atoms with Crippen LogP contribution in [0.2, 0.25) is 0 Å². The van der Waals surface area contributed by atoms with Gasteiger partial charge in [0.15, 0.2) is 0 Å². The Kier molecular flexibility index (Phi) is 5.11. The molecule has 2 heteroatoms. The highest BCUT2D eigenvalue weighted by Gasteiger charge is 2.24. The average molecular weight is 225 g/mol. The molecule has 1 N–H and O–H groups in total. The fraction of sp³-hybridized carbons (Fsp3) is 1.00. The Labute approximate surface area is 100 Å². The molecule has 1 aliphatic carbocycles. The van der Waals surface area contributed by atoms with Crippen molar-refractivity contribution < 1.29 is 4.74 Å². The molecule has 2 aliphatic rings. The molecule has 1 saturated heterocycles. The zero-order valence-electron chi connectivity index (χ0n) is 10.7. The first-order chi connectivity index (χ1) is 7.88. The Morgan fingerprint density at radius 3 is 2.81 bits per heavy atom. The molecule has 2 nitrogen and oxygen atoms in total. The topological polar surface area (TPSA) is 21.3 Å². The third-order valence-corrected chi connectivity index (χ3v) is 3.87. The summed E-state index contributed by atoms with van der Waals surface area (Å²) in [5.74, 6) is 1.07. The van der Waals surface area contributed by atoms with Gasteiger partial charge in [0.1, 0.15) is 0 Å². The minimum absolute atomic E-state index is 0.550. The first-order valence-electron chi connectivity index (χ1n) is 7.23. The summed E-state index contributed by atoms with van der Waals surface area (Å²) in [6, 6.07) is 0.712. The zero-order valence-corrected chi connectivity index (χ0v) is 10.7. The van der Waals surface area contributed by atoms with Gasteiger partial charge in [-0.05, 0) is 51.0 Å². The van der Waals surface area contributed by atoms with Gasteiger partial charge in [0, 0.05) is 12.6 Å². The smallest absolute Gasteiger partial charge is 0.0590 e. The lowest BCUT2D eigenvalue weighted by atomic mass is 10.0. The molecule has 1 saturated carbocycles. The van der Waals surface area contributed by atoms with E-state index >= 15 is 0 Å². The molecule has 1 aliphatic heterocycles. The second kappa shape index (κ2) is 6.61. The summed E-state index contributed by atoms with van der Waals surface area (Å²) in [5, 5.41) is 3.70. The van der Waals surface area contributed by atoms with Crippen LogP contribution in [0, 0.1) is 5.92 Å². The Morgan fingerprint density at radius 2 is 2.19 bits per heavy atom. The Morgan fingerprint density at radius 1 is 1.31 bits per heavy atom. The lowest BCUT2D eigenvalue weighted by Gasteiger charge is -2.21. The van der Waals surface area contributed by atoms with Gasteiger partial charge < -0.3 is 10.1 Å². The zero-order chi connectivity index (χ0) is 11.2. The van der Waals surface area contributed by atoms with E-state index in [1.165, 1.54) is 57.9 Å². The first kappa shape index (κ1) is 12.4. The van der Waals surface area contributed by atoms with Crippen molar-refractivity contribution >= 4 is 0 Å². The van der Waals surface area contributed by atoms with E-state index < -0.39 is 0 Å². The predicted octanol–water partition coefficient (Wildman–Crippen LogP) is 3.11. The van der Waals surface area contributed by atoms with Gasteiger partial charge in [0.25, 0.3) is 0 Å².